The molecule has 15 heavy (non-hydrogen) atoms. The Morgan fingerprint density at radius 1 is 1.53 bits per heavy atom. The van der Waals surface area contributed by atoms with Gasteiger partial charge < -0.3 is 9.47 Å². The van der Waals surface area contributed by atoms with E-state index in [0.717, 1.165) is 5.57 Å². The van der Waals surface area contributed by atoms with Gasteiger partial charge in [-0.1, -0.05) is 12.2 Å². The number of hydrogen-bond acceptors (Lipinski definition) is 3. The van der Waals surface area contributed by atoms with Gasteiger partial charge in [-0.3, -0.25) is 4.79 Å². The predicted molar refractivity (Wildman–Crippen MR) is 58.4 cm³/mol. The molecule has 0 radical (unpaired) electrons. The SMILES string of the molecule is C=CCC1=CC(OC)(OCC)C(=O)C=C1. The van der Waals surface area contributed by atoms with E-state index >= 15 is 0 Å². The first-order valence-corrected chi connectivity index (χ1v) is 4.92. The molecule has 1 atom stereocenters. The van der Waals surface area contributed by atoms with Crippen LogP contribution in [0.4, 0.5) is 0 Å². The fourth-order valence-electron chi connectivity index (χ4n) is 1.50. The van der Waals surface area contributed by atoms with E-state index in [1.165, 1.54) is 13.2 Å². The van der Waals surface area contributed by atoms with Crippen LogP contribution in [0.25, 0.3) is 0 Å². The summed E-state index contributed by atoms with van der Waals surface area (Å²) in [5.41, 5.74) is 0.972. The van der Waals surface area contributed by atoms with E-state index in [4.69, 9.17) is 9.47 Å². The molecule has 0 N–H and O–H groups in total. The molecule has 0 aliphatic heterocycles. The molecule has 82 valence electrons. The molecule has 1 aliphatic carbocycles. The molecular weight excluding hydrogens is 192 g/mol. The van der Waals surface area contributed by atoms with Gasteiger partial charge in [0.2, 0.25) is 5.78 Å². The average molecular weight is 208 g/mol. The third kappa shape index (κ3) is 2.43. The maximum absolute atomic E-state index is 11.7. The highest BCUT2D eigenvalue weighted by atomic mass is 16.7. The zero-order chi connectivity index (χ0) is 11.3. The van der Waals surface area contributed by atoms with E-state index in [1.807, 2.05) is 6.92 Å². The van der Waals surface area contributed by atoms with Crippen LogP contribution in [-0.2, 0) is 14.3 Å². The minimum Gasteiger partial charge on any atom is -0.344 e. The Labute approximate surface area is 90.1 Å². The number of allylic oxidation sites excluding steroid dienone is 3. The molecule has 0 heterocycles. The lowest BCUT2D eigenvalue weighted by Gasteiger charge is -2.29. The molecule has 0 saturated heterocycles. The van der Waals surface area contributed by atoms with E-state index in [-0.39, 0.29) is 5.78 Å². The van der Waals surface area contributed by atoms with Crippen molar-refractivity contribution in [3.8, 4) is 0 Å². The van der Waals surface area contributed by atoms with Gasteiger partial charge in [-0.05, 0) is 31.1 Å². The summed E-state index contributed by atoms with van der Waals surface area (Å²) >= 11 is 0. The van der Waals surface area contributed by atoms with E-state index in [1.54, 1.807) is 18.2 Å². The zero-order valence-electron chi connectivity index (χ0n) is 9.16. The molecule has 0 fully saturated rings. The molecule has 1 rings (SSSR count). The normalized spacial score (nSPS) is 25.2. The van der Waals surface area contributed by atoms with Crippen LogP contribution >= 0.6 is 0 Å². The number of carbonyl (C=O) groups excluding carboxylic acids is 1. The Bertz CT molecular complexity index is 315. The van der Waals surface area contributed by atoms with Crippen LogP contribution in [-0.4, -0.2) is 25.3 Å². The van der Waals surface area contributed by atoms with Gasteiger partial charge in [0.05, 0.1) is 0 Å². The highest BCUT2D eigenvalue weighted by Crippen LogP contribution is 2.25. The maximum atomic E-state index is 11.7. The third-order valence-corrected chi connectivity index (χ3v) is 2.21. The van der Waals surface area contributed by atoms with Crippen molar-refractivity contribution in [2.24, 2.45) is 0 Å². The number of ketones is 1. The molecule has 0 aromatic rings. The van der Waals surface area contributed by atoms with Crippen LogP contribution in [0, 0.1) is 0 Å². The molecule has 0 spiro atoms. The summed E-state index contributed by atoms with van der Waals surface area (Å²) in [5.74, 6) is -1.42. The Kier molecular flexibility index (Phi) is 4.00. The molecule has 3 nitrogen and oxygen atoms in total. The van der Waals surface area contributed by atoms with Crippen molar-refractivity contribution in [2.75, 3.05) is 13.7 Å². The van der Waals surface area contributed by atoms with Crippen molar-refractivity contribution in [2.45, 2.75) is 19.1 Å². The predicted octanol–water partition coefficient (Wildman–Crippen LogP) is 2.01. The minimum atomic E-state index is -1.23. The Morgan fingerprint density at radius 2 is 2.27 bits per heavy atom. The molecule has 0 amide bonds. The second-order valence-electron chi connectivity index (χ2n) is 3.21. The summed E-state index contributed by atoms with van der Waals surface area (Å²) in [7, 11) is 1.47. The van der Waals surface area contributed by atoms with Gasteiger partial charge in [-0.25, -0.2) is 0 Å². The van der Waals surface area contributed by atoms with Gasteiger partial charge >= 0.3 is 0 Å². The van der Waals surface area contributed by atoms with E-state index in [2.05, 4.69) is 6.58 Å². The van der Waals surface area contributed by atoms with Crippen LogP contribution < -0.4 is 0 Å². The number of methoxy groups -OCH3 is 1. The largest absolute Gasteiger partial charge is 0.344 e. The molecule has 1 unspecified atom stereocenters. The molecule has 0 aromatic carbocycles. The van der Waals surface area contributed by atoms with E-state index < -0.39 is 5.79 Å². The molecule has 0 aromatic heterocycles. The Hall–Kier alpha value is -1.19. The number of hydrogen-bond donors (Lipinski definition) is 0. The smallest absolute Gasteiger partial charge is 0.253 e. The Morgan fingerprint density at radius 3 is 2.80 bits per heavy atom. The van der Waals surface area contributed by atoms with Crippen LogP contribution in [0.5, 0.6) is 0 Å². The number of ether oxygens (including phenoxy) is 2. The van der Waals surface area contributed by atoms with Crippen molar-refractivity contribution >= 4 is 5.78 Å². The van der Waals surface area contributed by atoms with E-state index in [9.17, 15) is 4.79 Å². The van der Waals surface area contributed by atoms with E-state index in [0.29, 0.717) is 13.0 Å². The summed E-state index contributed by atoms with van der Waals surface area (Å²) < 4.78 is 10.5. The fraction of sp³-hybridized carbons (Fsp3) is 0.417. The van der Waals surface area contributed by atoms with Gasteiger partial charge in [0.1, 0.15) is 0 Å². The van der Waals surface area contributed by atoms with Crippen molar-refractivity contribution in [1.82, 2.24) is 0 Å². The monoisotopic (exact) mass is 208 g/mol. The van der Waals surface area contributed by atoms with Crippen LogP contribution in [0.15, 0.2) is 36.5 Å². The highest BCUT2D eigenvalue weighted by Gasteiger charge is 2.37. The number of carbonyl (C=O) groups is 1. The summed E-state index contributed by atoms with van der Waals surface area (Å²) in [4.78, 5) is 11.7. The second-order valence-corrected chi connectivity index (χ2v) is 3.21. The van der Waals surface area contributed by atoms with Crippen molar-refractivity contribution in [1.29, 1.82) is 0 Å². The minimum absolute atomic E-state index is 0.181. The lowest BCUT2D eigenvalue weighted by Crippen LogP contribution is -2.42. The highest BCUT2D eigenvalue weighted by molar-refractivity contribution is 5.99. The summed E-state index contributed by atoms with van der Waals surface area (Å²) in [6, 6.07) is 0. The van der Waals surface area contributed by atoms with Gasteiger partial charge in [-0.2, -0.15) is 0 Å². The van der Waals surface area contributed by atoms with Crippen LogP contribution in [0.2, 0.25) is 0 Å². The van der Waals surface area contributed by atoms with Gasteiger partial charge in [0.25, 0.3) is 5.79 Å². The lowest BCUT2D eigenvalue weighted by atomic mass is 9.98. The Balaban J connectivity index is 2.97. The first-order chi connectivity index (χ1) is 7.18. The zero-order valence-corrected chi connectivity index (χ0v) is 9.16. The van der Waals surface area contributed by atoms with Crippen molar-refractivity contribution in [3.05, 3.63) is 36.5 Å². The van der Waals surface area contributed by atoms with Gasteiger partial charge in [-0.15, -0.1) is 6.58 Å². The molecule has 1 aliphatic rings. The topological polar surface area (TPSA) is 35.5 Å². The molecule has 3 heteroatoms. The summed E-state index contributed by atoms with van der Waals surface area (Å²) in [5, 5.41) is 0. The summed E-state index contributed by atoms with van der Waals surface area (Å²) in [6.07, 6.45) is 7.43. The van der Waals surface area contributed by atoms with Crippen LogP contribution in [0.1, 0.15) is 13.3 Å². The first-order valence-electron chi connectivity index (χ1n) is 4.92. The third-order valence-electron chi connectivity index (χ3n) is 2.21. The van der Waals surface area contributed by atoms with Gasteiger partial charge in [0.15, 0.2) is 0 Å². The summed E-state index contributed by atoms with van der Waals surface area (Å²) in [6.45, 7) is 5.90. The second kappa shape index (κ2) is 5.05. The van der Waals surface area contributed by atoms with Gasteiger partial charge in [0, 0.05) is 13.7 Å². The maximum Gasteiger partial charge on any atom is 0.253 e. The standard InChI is InChI=1S/C12H16O3/c1-4-6-10-7-8-11(13)12(9-10,14-3)15-5-2/h4,7-9H,1,5-6H2,2-3H3. The molecule has 0 saturated carbocycles. The average Bonchev–Trinajstić information content (AvgIpc) is 2.24. The fourth-order valence-corrected chi connectivity index (χ4v) is 1.50. The van der Waals surface area contributed by atoms with Crippen molar-refractivity contribution in [3.63, 3.8) is 0 Å². The van der Waals surface area contributed by atoms with Crippen molar-refractivity contribution < 1.29 is 14.3 Å². The first kappa shape index (κ1) is 11.9. The quantitative estimate of drug-likeness (QED) is 0.512. The van der Waals surface area contributed by atoms with Crippen LogP contribution in [0.3, 0.4) is 0 Å². The molecular formula is C12H16O3. The number of rotatable bonds is 5. The molecule has 0 bridgehead atoms. The lowest BCUT2D eigenvalue weighted by molar-refractivity contribution is -0.190.